The maximum absolute atomic E-state index is 13.0. The van der Waals surface area contributed by atoms with Gasteiger partial charge in [0.15, 0.2) is 5.78 Å². The molecule has 0 aliphatic carbocycles. The first kappa shape index (κ1) is 25.2. The number of Topliss-reactive ketones (excluding diaryl/α,β-unsaturated/α-hetero) is 1. The van der Waals surface area contributed by atoms with Gasteiger partial charge in [0.25, 0.3) is 11.6 Å². The Labute approximate surface area is 202 Å². The van der Waals surface area contributed by atoms with E-state index in [4.69, 9.17) is 0 Å². The van der Waals surface area contributed by atoms with Gasteiger partial charge in [-0.3, -0.25) is 24.5 Å². The van der Waals surface area contributed by atoms with E-state index in [1.54, 1.807) is 12.1 Å². The van der Waals surface area contributed by atoms with E-state index in [-0.39, 0.29) is 42.5 Å². The van der Waals surface area contributed by atoms with E-state index in [9.17, 15) is 24.5 Å². The molecule has 34 heavy (non-hydrogen) atoms. The van der Waals surface area contributed by atoms with E-state index in [0.29, 0.717) is 10.5 Å². The fourth-order valence-electron chi connectivity index (χ4n) is 3.78. The van der Waals surface area contributed by atoms with Gasteiger partial charge in [0.05, 0.1) is 16.9 Å². The van der Waals surface area contributed by atoms with E-state index in [1.807, 2.05) is 24.3 Å². The molecule has 1 heterocycles. The molecule has 9 heteroatoms. The Morgan fingerprint density at radius 2 is 1.91 bits per heavy atom. The van der Waals surface area contributed by atoms with E-state index in [2.05, 4.69) is 25.2 Å². The molecular weight excluding hydrogens is 456 g/mol. The molecule has 1 amide bonds. The maximum atomic E-state index is 13.0. The van der Waals surface area contributed by atoms with Gasteiger partial charge in [-0.1, -0.05) is 56.5 Å². The van der Waals surface area contributed by atoms with Crippen molar-refractivity contribution in [3.05, 3.63) is 70.3 Å². The first-order valence-electron chi connectivity index (χ1n) is 10.8. The largest absolute Gasteiger partial charge is 0.468 e. The predicted molar refractivity (Wildman–Crippen MR) is 128 cm³/mol. The predicted octanol–water partition coefficient (Wildman–Crippen LogP) is 4.47. The number of carbonyl (C=O) groups excluding carboxylic acids is 3. The Hall–Kier alpha value is -3.46. The third-order valence-corrected chi connectivity index (χ3v) is 6.87. The molecule has 3 rings (SSSR count). The summed E-state index contributed by atoms with van der Waals surface area (Å²) >= 11 is 1.31. The number of amides is 1. The van der Waals surface area contributed by atoms with Crippen LogP contribution in [0.3, 0.4) is 0 Å². The zero-order valence-corrected chi connectivity index (χ0v) is 20.1. The minimum absolute atomic E-state index is 0.0315. The number of likely N-dealkylation sites (tertiary alicyclic amines) is 1. The molecule has 0 radical (unpaired) electrons. The fourth-order valence-corrected chi connectivity index (χ4v) is 4.96. The lowest BCUT2D eigenvalue weighted by molar-refractivity contribution is -0.387. The Kier molecular flexibility index (Phi) is 7.88. The maximum Gasteiger partial charge on any atom is 0.318 e. The van der Waals surface area contributed by atoms with Gasteiger partial charge in [0, 0.05) is 36.0 Å². The van der Waals surface area contributed by atoms with Crippen LogP contribution in [0.1, 0.15) is 37.3 Å². The molecule has 1 aliphatic rings. The van der Waals surface area contributed by atoms with Crippen LogP contribution in [0.2, 0.25) is 0 Å². The van der Waals surface area contributed by atoms with Crippen molar-refractivity contribution in [3.8, 4) is 0 Å². The van der Waals surface area contributed by atoms with E-state index < -0.39 is 22.7 Å². The molecular formula is C25H26N2O6S. The number of ether oxygens (including phenoxy) is 1. The molecule has 8 nitrogen and oxygen atoms in total. The van der Waals surface area contributed by atoms with Crippen molar-refractivity contribution in [1.82, 2.24) is 4.90 Å². The number of nitro benzene ring substituents is 1. The Bertz CT molecular complexity index is 1150. The molecule has 1 aliphatic heterocycles. The van der Waals surface area contributed by atoms with Gasteiger partial charge in [-0.15, -0.1) is 0 Å². The number of carbonyl (C=O) groups is 3. The highest BCUT2D eigenvalue weighted by Gasteiger charge is 2.36. The summed E-state index contributed by atoms with van der Waals surface area (Å²) in [5, 5.41) is 11.8. The molecule has 0 saturated carbocycles. The van der Waals surface area contributed by atoms with Gasteiger partial charge in [-0.2, -0.15) is 0 Å². The first-order valence-corrected chi connectivity index (χ1v) is 11.6. The molecule has 2 aromatic carbocycles. The van der Waals surface area contributed by atoms with Crippen molar-refractivity contribution in [2.45, 2.75) is 36.0 Å². The summed E-state index contributed by atoms with van der Waals surface area (Å²) in [6, 6.07) is 12.3. The van der Waals surface area contributed by atoms with Crippen molar-refractivity contribution < 1.29 is 24.0 Å². The first-order chi connectivity index (χ1) is 16.1. The molecule has 1 atom stereocenters. The number of methoxy groups -OCH3 is 1. The number of ketones is 1. The minimum Gasteiger partial charge on any atom is -0.468 e. The number of rotatable bonds is 7. The van der Waals surface area contributed by atoms with Gasteiger partial charge in [-0.05, 0) is 29.2 Å². The number of hydrogen-bond acceptors (Lipinski definition) is 7. The van der Waals surface area contributed by atoms with Gasteiger partial charge in [0.1, 0.15) is 5.92 Å². The Morgan fingerprint density at radius 1 is 1.21 bits per heavy atom. The summed E-state index contributed by atoms with van der Waals surface area (Å²) in [5.41, 5.74) is 1.33. The molecule has 0 spiro atoms. The standard InChI is InChI=1S/C25H26N2O6S/c1-15(2)18-7-5-6-8-22(18)34-23-10-9-17(13-20(23)27(31)32)16(3)24(29)26-12-11-21(28)19(14-26)25(30)33-4/h5-10,13,15,19H,3,11-12,14H2,1-2,4H3. The highest BCUT2D eigenvalue weighted by Crippen LogP contribution is 2.39. The number of benzene rings is 2. The topological polar surface area (TPSA) is 107 Å². The zero-order valence-electron chi connectivity index (χ0n) is 19.3. The summed E-state index contributed by atoms with van der Waals surface area (Å²) < 4.78 is 4.66. The molecule has 0 N–H and O–H groups in total. The highest BCUT2D eigenvalue weighted by atomic mass is 32.2. The summed E-state index contributed by atoms with van der Waals surface area (Å²) in [7, 11) is 1.19. The lowest BCUT2D eigenvalue weighted by Gasteiger charge is -2.31. The van der Waals surface area contributed by atoms with E-state index >= 15 is 0 Å². The van der Waals surface area contributed by atoms with Crippen LogP contribution in [0.4, 0.5) is 5.69 Å². The van der Waals surface area contributed by atoms with E-state index in [1.165, 1.54) is 29.8 Å². The van der Waals surface area contributed by atoms with Gasteiger partial charge in [-0.25, -0.2) is 0 Å². The second-order valence-corrected chi connectivity index (χ2v) is 9.34. The van der Waals surface area contributed by atoms with Gasteiger partial charge in [0.2, 0.25) is 0 Å². The Morgan fingerprint density at radius 3 is 2.56 bits per heavy atom. The minimum atomic E-state index is -1.04. The fraction of sp³-hybridized carbons (Fsp3) is 0.320. The Balaban J connectivity index is 1.85. The lowest BCUT2D eigenvalue weighted by atomic mass is 9.95. The number of nitrogens with zero attached hydrogens (tertiary/aromatic N) is 2. The normalized spacial score (nSPS) is 15.8. The van der Waals surface area contributed by atoms with Crippen LogP contribution in [-0.2, 0) is 19.1 Å². The number of piperidine rings is 1. The molecule has 2 aromatic rings. The van der Waals surface area contributed by atoms with Gasteiger partial charge < -0.3 is 9.64 Å². The zero-order chi connectivity index (χ0) is 25.0. The lowest BCUT2D eigenvalue weighted by Crippen LogP contribution is -2.47. The summed E-state index contributed by atoms with van der Waals surface area (Å²) in [4.78, 5) is 51.0. The summed E-state index contributed by atoms with van der Waals surface area (Å²) in [6.07, 6.45) is 0.0315. The van der Waals surface area contributed by atoms with Crippen LogP contribution < -0.4 is 0 Å². The van der Waals surface area contributed by atoms with Crippen LogP contribution in [0.25, 0.3) is 5.57 Å². The molecule has 0 aromatic heterocycles. The van der Waals surface area contributed by atoms with Crippen molar-refractivity contribution in [1.29, 1.82) is 0 Å². The third kappa shape index (κ3) is 5.36. The van der Waals surface area contributed by atoms with Gasteiger partial charge >= 0.3 is 5.97 Å². The van der Waals surface area contributed by atoms with Crippen molar-refractivity contribution >= 4 is 40.7 Å². The van der Waals surface area contributed by atoms with Crippen molar-refractivity contribution in [2.75, 3.05) is 20.2 Å². The average Bonchev–Trinajstić information content (AvgIpc) is 2.83. The van der Waals surface area contributed by atoms with E-state index in [0.717, 1.165) is 10.5 Å². The summed E-state index contributed by atoms with van der Waals surface area (Å²) in [5.74, 6) is -2.23. The quantitative estimate of drug-likeness (QED) is 0.188. The second kappa shape index (κ2) is 10.6. The monoisotopic (exact) mass is 482 g/mol. The molecule has 178 valence electrons. The van der Waals surface area contributed by atoms with Crippen LogP contribution in [0.15, 0.2) is 58.8 Å². The highest BCUT2D eigenvalue weighted by molar-refractivity contribution is 7.99. The molecule has 0 bridgehead atoms. The number of esters is 1. The molecule has 1 fully saturated rings. The second-order valence-electron chi connectivity index (χ2n) is 8.26. The van der Waals surface area contributed by atoms with Crippen LogP contribution >= 0.6 is 11.8 Å². The van der Waals surface area contributed by atoms with Crippen LogP contribution in [-0.4, -0.2) is 47.7 Å². The third-order valence-electron chi connectivity index (χ3n) is 5.72. The van der Waals surface area contributed by atoms with Crippen molar-refractivity contribution in [3.63, 3.8) is 0 Å². The van der Waals surface area contributed by atoms with Crippen molar-refractivity contribution in [2.24, 2.45) is 5.92 Å². The summed E-state index contributed by atoms with van der Waals surface area (Å²) in [6.45, 7) is 8.00. The van der Waals surface area contributed by atoms with Crippen LogP contribution in [0, 0.1) is 16.0 Å². The van der Waals surface area contributed by atoms with Crippen LogP contribution in [0.5, 0.6) is 0 Å². The molecule has 1 saturated heterocycles. The number of hydrogen-bond donors (Lipinski definition) is 0. The molecule has 1 unspecified atom stereocenters. The number of nitro groups is 1. The smallest absolute Gasteiger partial charge is 0.318 e. The SMILES string of the molecule is C=C(C(=O)N1CCC(=O)C(C(=O)OC)C1)c1ccc(Sc2ccccc2C(C)C)c([N+](=O)[O-])c1. The average molecular weight is 483 g/mol.